The van der Waals surface area contributed by atoms with Crippen LogP contribution in [0, 0.1) is 5.92 Å². The molecule has 0 saturated carbocycles. The Morgan fingerprint density at radius 1 is 1.25 bits per heavy atom. The van der Waals surface area contributed by atoms with Crippen molar-refractivity contribution in [2.75, 3.05) is 20.3 Å². The number of hydrogen-bond donors (Lipinski definition) is 1. The lowest BCUT2D eigenvalue weighted by Crippen LogP contribution is -2.13. The molecule has 0 heterocycles. The lowest BCUT2D eigenvalue weighted by atomic mass is 10.1. The van der Waals surface area contributed by atoms with E-state index in [1.165, 1.54) is 0 Å². The van der Waals surface area contributed by atoms with E-state index in [1.54, 1.807) is 7.11 Å². The number of rotatable bonds is 6. The van der Waals surface area contributed by atoms with Crippen molar-refractivity contribution in [3.8, 4) is 5.75 Å². The van der Waals surface area contributed by atoms with E-state index in [1.807, 2.05) is 24.3 Å². The Hall–Kier alpha value is -1.06. The van der Waals surface area contributed by atoms with Crippen molar-refractivity contribution in [2.24, 2.45) is 5.92 Å². The van der Waals surface area contributed by atoms with Gasteiger partial charge in [0.2, 0.25) is 0 Å². The van der Waals surface area contributed by atoms with Crippen LogP contribution in [0.25, 0.3) is 0 Å². The molecule has 0 unspecified atom stereocenters. The first-order valence-electron chi connectivity index (χ1n) is 5.54. The molecule has 0 radical (unpaired) electrons. The highest BCUT2D eigenvalue weighted by Gasteiger charge is 2.15. The predicted molar refractivity (Wildman–Crippen MR) is 63.6 cm³/mol. The predicted octanol–water partition coefficient (Wildman–Crippen LogP) is 2.40. The van der Waals surface area contributed by atoms with E-state index in [2.05, 4.69) is 13.8 Å². The third-order valence-corrected chi connectivity index (χ3v) is 2.28. The first-order valence-corrected chi connectivity index (χ1v) is 5.54. The van der Waals surface area contributed by atoms with E-state index in [0.29, 0.717) is 12.5 Å². The minimum atomic E-state index is -0.307. The molecule has 1 atom stereocenters. The summed E-state index contributed by atoms with van der Waals surface area (Å²) in [5, 5.41) is 9.33. The van der Waals surface area contributed by atoms with Gasteiger partial charge in [-0.25, -0.2) is 0 Å². The van der Waals surface area contributed by atoms with Gasteiger partial charge in [0.15, 0.2) is 0 Å². The SMILES string of the molecule is COc1ccccc1[C@H](CO)OCC(C)C. The Kier molecular flexibility index (Phi) is 5.29. The summed E-state index contributed by atoms with van der Waals surface area (Å²) in [4.78, 5) is 0. The van der Waals surface area contributed by atoms with Crippen LogP contribution in [0.1, 0.15) is 25.5 Å². The van der Waals surface area contributed by atoms with Crippen LogP contribution in [0.2, 0.25) is 0 Å². The maximum Gasteiger partial charge on any atom is 0.124 e. The molecule has 1 rings (SSSR count). The summed E-state index contributed by atoms with van der Waals surface area (Å²) in [6.45, 7) is 4.75. The maximum absolute atomic E-state index is 9.33. The van der Waals surface area contributed by atoms with Crippen molar-refractivity contribution in [1.29, 1.82) is 0 Å². The van der Waals surface area contributed by atoms with Crippen LogP contribution in [0.4, 0.5) is 0 Å². The van der Waals surface area contributed by atoms with Gasteiger partial charge in [0.05, 0.1) is 13.7 Å². The third-order valence-electron chi connectivity index (χ3n) is 2.28. The number of benzene rings is 1. The molecule has 0 fully saturated rings. The minimum absolute atomic E-state index is 0.0346. The van der Waals surface area contributed by atoms with Crippen LogP contribution >= 0.6 is 0 Å². The molecule has 0 aromatic heterocycles. The standard InChI is InChI=1S/C13H20O3/c1-10(2)9-16-13(8-14)11-6-4-5-7-12(11)15-3/h4-7,10,13-14H,8-9H2,1-3H3/t13-/m0/s1. The largest absolute Gasteiger partial charge is 0.496 e. The molecule has 0 bridgehead atoms. The molecule has 3 heteroatoms. The van der Waals surface area contributed by atoms with E-state index in [-0.39, 0.29) is 12.7 Å². The molecule has 0 aliphatic rings. The molecular formula is C13H20O3. The summed E-state index contributed by atoms with van der Waals surface area (Å²) in [7, 11) is 1.62. The van der Waals surface area contributed by atoms with Crippen molar-refractivity contribution in [3.05, 3.63) is 29.8 Å². The van der Waals surface area contributed by atoms with Crippen LogP contribution in [0.3, 0.4) is 0 Å². The number of ether oxygens (including phenoxy) is 2. The Labute approximate surface area is 97.0 Å². The van der Waals surface area contributed by atoms with Gasteiger partial charge in [0.1, 0.15) is 11.9 Å². The van der Waals surface area contributed by atoms with E-state index < -0.39 is 0 Å². The van der Waals surface area contributed by atoms with Gasteiger partial charge in [-0.2, -0.15) is 0 Å². The number of para-hydroxylation sites is 1. The fourth-order valence-electron chi connectivity index (χ4n) is 1.48. The second-order valence-corrected chi connectivity index (χ2v) is 4.14. The van der Waals surface area contributed by atoms with E-state index in [0.717, 1.165) is 11.3 Å². The molecule has 0 aliphatic heterocycles. The Morgan fingerprint density at radius 2 is 1.94 bits per heavy atom. The van der Waals surface area contributed by atoms with Gasteiger partial charge in [0.25, 0.3) is 0 Å². The average molecular weight is 224 g/mol. The molecular weight excluding hydrogens is 204 g/mol. The van der Waals surface area contributed by atoms with Crippen LogP contribution in [0.5, 0.6) is 5.75 Å². The average Bonchev–Trinajstić information content (AvgIpc) is 2.30. The second-order valence-electron chi connectivity index (χ2n) is 4.14. The third kappa shape index (κ3) is 3.51. The van der Waals surface area contributed by atoms with Gasteiger partial charge in [0, 0.05) is 12.2 Å². The van der Waals surface area contributed by atoms with Crippen LogP contribution in [0.15, 0.2) is 24.3 Å². The van der Waals surface area contributed by atoms with E-state index in [9.17, 15) is 5.11 Å². The van der Waals surface area contributed by atoms with Crippen molar-refractivity contribution in [2.45, 2.75) is 20.0 Å². The smallest absolute Gasteiger partial charge is 0.124 e. The van der Waals surface area contributed by atoms with Crippen LogP contribution in [-0.2, 0) is 4.74 Å². The number of aliphatic hydroxyl groups is 1. The monoisotopic (exact) mass is 224 g/mol. The summed E-state index contributed by atoms with van der Waals surface area (Å²) >= 11 is 0. The number of aliphatic hydroxyl groups excluding tert-OH is 1. The zero-order chi connectivity index (χ0) is 12.0. The highest BCUT2D eigenvalue weighted by molar-refractivity contribution is 5.35. The van der Waals surface area contributed by atoms with Crippen LogP contribution in [-0.4, -0.2) is 25.4 Å². The second kappa shape index (κ2) is 6.51. The summed E-state index contributed by atoms with van der Waals surface area (Å²) in [5.41, 5.74) is 0.896. The Morgan fingerprint density at radius 3 is 2.50 bits per heavy atom. The lowest BCUT2D eigenvalue weighted by Gasteiger charge is -2.19. The van der Waals surface area contributed by atoms with Gasteiger partial charge in [-0.05, 0) is 12.0 Å². The fourth-order valence-corrected chi connectivity index (χ4v) is 1.48. The molecule has 16 heavy (non-hydrogen) atoms. The van der Waals surface area contributed by atoms with E-state index >= 15 is 0 Å². The molecule has 0 aliphatic carbocycles. The van der Waals surface area contributed by atoms with Crippen molar-refractivity contribution in [1.82, 2.24) is 0 Å². The first-order chi connectivity index (χ1) is 7.69. The summed E-state index contributed by atoms with van der Waals surface area (Å²) in [6.07, 6.45) is -0.307. The van der Waals surface area contributed by atoms with Gasteiger partial charge in [-0.15, -0.1) is 0 Å². The first kappa shape index (κ1) is 13.0. The summed E-state index contributed by atoms with van der Waals surface area (Å²) in [5.74, 6) is 1.20. The molecule has 3 nitrogen and oxygen atoms in total. The van der Waals surface area contributed by atoms with Gasteiger partial charge < -0.3 is 14.6 Å². The van der Waals surface area contributed by atoms with Crippen molar-refractivity contribution >= 4 is 0 Å². The molecule has 1 aromatic rings. The van der Waals surface area contributed by atoms with Crippen molar-refractivity contribution < 1.29 is 14.6 Å². The normalized spacial score (nSPS) is 12.8. The highest BCUT2D eigenvalue weighted by Crippen LogP contribution is 2.27. The summed E-state index contributed by atoms with van der Waals surface area (Å²) < 4.78 is 10.9. The zero-order valence-electron chi connectivity index (χ0n) is 10.1. The van der Waals surface area contributed by atoms with Gasteiger partial charge in [-0.1, -0.05) is 32.0 Å². The molecule has 1 aromatic carbocycles. The van der Waals surface area contributed by atoms with Crippen molar-refractivity contribution in [3.63, 3.8) is 0 Å². The quantitative estimate of drug-likeness (QED) is 0.806. The minimum Gasteiger partial charge on any atom is -0.496 e. The Balaban J connectivity index is 2.77. The number of methoxy groups -OCH3 is 1. The topological polar surface area (TPSA) is 38.7 Å². The molecule has 1 N–H and O–H groups in total. The molecule has 0 saturated heterocycles. The van der Waals surface area contributed by atoms with Crippen LogP contribution < -0.4 is 4.74 Å². The van der Waals surface area contributed by atoms with Gasteiger partial charge in [-0.3, -0.25) is 0 Å². The Bertz CT molecular complexity index is 310. The molecule has 0 amide bonds. The summed E-state index contributed by atoms with van der Waals surface area (Å²) in [6, 6.07) is 7.61. The number of hydrogen-bond acceptors (Lipinski definition) is 3. The fraction of sp³-hybridized carbons (Fsp3) is 0.538. The van der Waals surface area contributed by atoms with E-state index in [4.69, 9.17) is 9.47 Å². The maximum atomic E-state index is 9.33. The highest BCUT2D eigenvalue weighted by atomic mass is 16.5. The zero-order valence-corrected chi connectivity index (χ0v) is 10.1. The van der Waals surface area contributed by atoms with Gasteiger partial charge >= 0.3 is 0 Å². The lowest BCUT2D eigenvalue weighted by molar-refractivity contribution is -0.00232. The molecule has 90 valence electrons. The molecule has 0 spiro atoms.